The van der Waals surface area contributed by atoms with E-state index in [2.05, 4.69) is 0 Å². The SMILES string of the molecule is CCN1C(=O)/C(=C2/C(=O)Cc3ccc(C)cc32)SC1=S.O=C=O. The Bertz CT molecular complexity index is 776. The van der Waals surface area contributed by atoms with Gasteiger partial charge in [-0.2, -0.15) is 9.59 Å². The van der Waals surface area contributed by atoms with Crippen LogP contribution in [0.2, 0.25) is 0 Å². The molecule has 2 aliphatic rings. The maximum atomic E-state index is 12.4. The van der Waals surface area contributed by atoms with Gasteiger partial charge in [0.25, 0.3) is 5.91 Å². The van der Waals surface area contributed by atoms with Gasteiger partial charge in [-0.15, -0.1) is 0 Å². The van der Waals surface area contributed by atoms with Crippen molar-refractivity contribution in [2.75, 3.05) is 6.54 Å². The molecule has 0 atom stereocenters. The Kier molecular flexibility index (Phi) is 5.26. The average Bonchev–Trinajstić information content (AvgIpc) is 2.95. The highest BCUT2D eigenvalue weighted by molar-refractivity contribution is 8.26. The van der Waals surface area contributed by atoms with Crippen LogP contribution in [0.4, 0.5) is 0 Å². The maximum absolute atomic E-state index is 12.4. The molecule has 0 N–H and O–H groups in total. The fraction of sp³-hybridized carbons (Fsp3) is 0.250. The third-order valence-corrected chi connectivity index (χ3v) is 5.01. The topological polar surface area (TPSA) is 71.5 Å². The van der Waals surface area contributed by atoms with Crippen LogP contribution in [0.5, 0.6) is 0 Å². The summed E-state index contributed by atoms with van der Waals surface area (Å²) in [7, 11) is 0. The van der Waals surface area contributed by atoms with E-state index in [1.165, 1.54) is 11.8 Å². The zero-order chi connectivity index (χ0) is 17.1. The molecular formula is C16H13NO4S2. The fourth-order valence-corrected chi connectivity index (χ4v) is 4.04. The van der Waals surface area contributed by atoms with E-state index in [9.17, 15) is 9.59 Å². The average molecular weight is 347 g/mol. The summed E-state index contributed by atoms with van der Waals surface area (Å²) in [5, 5.41) is 0. The summed E-state index contributed by atoms with van der Waals surface area (Å²) in [6.07, 6.45) is 0.626. The predicted octanol–water partition coefficient (Wildman–Crippen LogP) is 2.13. The van der Waals surface area contributed by atoms with Crippen LogP contribution in [-0.2, 0) is 25.6 Å². The van der Waals surface area contributed by atoms with Crippen molar-refractivity contribution in [2.24, 2.45) is 0 Å². The summed E-state index contributed by atoms with van der Waals surface area (Å²) in [5.74, 6) is -0.123. The van der Waals surface area contributed by atoms with E-state index in [4.69, 9.17) is 21.8 Å². The molecule has 3 rings (SSSR count). The number of thiocarbonyl (C=S) groups is 1. The number of thioether (sulfide) groups is 1. The minimum atomic E-state index is -0.139. The molecule has 0 aromatic heterocycles. The van der Waals surface area contributed by atoms with Crippen molar-refractivity contribution in [1.82, 2.24) is 4.90 Å². The molecule has 5 nitrogen and oxygen atoms in total. The summed E-state index contributed by atoms with van der Waals surface area (Å²) in [6, 6.07) is 5.94. The highest BCUT2D eigenvalue weighted by Gasteiger charge is 2.38. The molecule has 118 valence electrons. The Labute approximate surface area is 142 Å². The Morgan fingerprint density at radius 3 is 2.52 bits per heavy atom. The van der Waals surface area contributed by atoms with E-state index in [-0.39, 0.29) is 17.8 Å². The first kappa shape index (κ1) is 17.3. The van der Waals surface area contributed by atoms with Crippen molar-refractivity contribution in [2.45, 2.75) is 20.3 Å². The van der Waals surface area contributed by atoms with E-state index in [1.54, 1.807) is 4.90 Å². The molecule has 1 amide bonds. The fourth-order valence-electron chi connectivity index (χ4n) is 2.56. The number of carbonyl (C=O) groups is 2. The third kappa shape index (κ3) is 3.17. The predicted molar refractivity (Wildman–Crippen MR) is 89.4 cm³/mol. The lowest BCUT2D eigenvalue weighted by Crippen LogP contribution is -2.27. The van der Waals surface area contributed by atoms with Gasteiger partial charge >= 0.3 is 6.15 Å². The summed E-state index contributed by atoms with van der Waals surface area (Å²) in [6.45, 7) is 4.40. The first-order chi connectivity index (χ1) is 10.9. The number of allylic oxidation sites excluding steroid dienone is 1. The van der Waals surface area contributed by atoms with Gasteiger partial charge in [-0.3, -0.25) is 14.5 Å². The number of hydrogen-bond donors (Lipinski definition) is 0. The lowest BCUT2D eigenvalue weighted by molar-refractivity contribution is -0.191. The Balaban J connectivity index is 0.000000595. The lowest BCUT2D eigenvalue weighted by Gasteiger charge is -2.10. The Morgan fingerprint density at radius 2 is 1.96 bits per heavy atom. The first-order valence-corrected chi connectivity index (χ1v) is 8.07. The number of carbonyl (C=O) groups excluding carboxylic acids is 4. The van der Waals surface area contributed by atoms with Crippen LogP contribution in [-0.4, -0.2) is 33.6 Å². The molecule has 0 saturated carbocycles. The second-order valence-corrected chi connectivity index (χ2v) is 6.61. The zero-order valence-electron chi connectivity index (χ0n) is 12.5. The number of ketones is 1. The largest absolute Gasteiger partial charge is 0.373 e. The minimum absolute atomic E-state index is 0.0159. The highest BCUT2D eigenvalue weighted by Crippen LogP contribution is 2.41. The highest BCUT2D eigenvalue weighted by atomic mass is 32.2. The van der Waals surface area contributed by atoms with Gasteiger partial charge in [0.05, 0.1) is 4.91 Å². The molecule has 0 unspecified atom stereocenters. The zero-order valence-corrected chi connectivity index (χ0v) is 14.2. The van der Waals surface area contributed by atoms with Crippen molar-refractivity contribution in [3.05, 3.63) is 39.8 Å². The lowest BCUT2D eigenvalue weighted by atomic mass is 10.0. The second-order valence-electron chi connectivity index (χ2n) is 4.97. The van der Waals surface area contributed by atoms with Crippen molar-refractivity contribution in [3.8, 4) is 0 Å². The van der Waals surface area contributed by atoms with Crippen LogP contribution in [0, 0.1) is 6.92 Å². The second kappa shape index (κ2) is 7.00. The monoisotopic (exact) mass is 347 g/mol. The molecule has 23 heavy (non-hydrogen) atoms. The van der Waals surface area contributed by atoms with Crippen molar-refractivity contribution in [1.29, 1.82) is 0 Å². The molecule has 1 aromatic rings. The quantitative estimate of drug-likeness (QED) is 0.572. The molecule has 0 spiro atoms. The molecule has 1 heterocycles. The smallest absolute Gasteiger partial charge is 0.294 e. The molecule has 0 bridgehead atoms. The van der Waals surface area contributed by atoms with Crippen molar-refractivity contribution >= 4 is 51.7 Å². The van der Waals surface area contributed by atoms with Gasteiger partial charge < -0.3 is 0 Å². The van der Waals surface area contributed by atoms with Crippen LogP contribution < -0.4 is 0 Å². The Hall–Kier alpha value is -2.08. The number of Topliss-reactive ketones (excluding diaryl/α,β-unsaturated/α-hetero) is 1. The number of likely N-dealkylation sites (N-methyl/N-ethyl adjacent to an activating group) is 1. The standard InChI is InChI=1S/C15H13NO2S2.CO2/c1-3-16-14(18)13(20-15(16)19)12-10-6-8(2)4-5-9(10)7-11(12)17;2-1-3/h4-6H,3,7H2,1-2H3;/b13-12-;. The molecule has 1 aliphatic heterocycles. The number of benzene rings is 1. The van der Waals surface area contributed by atoms with Gasteiger partial charge in [0.1, 0.15) is 4.32 Å². The number of aryl methyl sites for hydroxylation is 1. The number of nitrogens with zero attached hydrogens (tertiary/aromatic N) is 1. The molecule has 1 aliphatic carbocycles. The number of amides is 1. The van der Waals surface area contributed by atoms with E-state index in [1.807, 2.05) is 32.0 Å². The number of hydrogen-bond acceptors (Lipinski definition) is 6. The summed E-state index contributed by atoms with van der Waals surface area (Å²) >= 11 is 6.46. The number of fused-ring (bicyclic) bond motifs is 1. The summed E-state index contributed by atoms with van der Waals surface area (Å²) in [5.41, 5.74) is 3.53. The number of rotatable bonds is 1. The summed E-state index contributed by atoms with van der Waals surface area (Å²) < 4.78 is 0.536. The van der Waals surface area contributed by atoms with Crippen LogP contribution in [0.25, 0.3) is 5.57 Å². The molecular weight excluding hydrogens is 334 g/mol. The third-order valence-electron chi connectivity index (χ3n) is 3.56. The van der Waals surface area contributed by atoms with Crippen LogP contribution in [0.15, 0.2) is 23.1 Å². The van der Waals surface area contributed by atoms with E-state index in [0.717, 1.165) is 16.7 Å². The van der Waals surface area contributed by atoms with E-state index < -0.39 is 0 Å². The van der Waals surface area contributed by atoms with Crippen molar-refractivity contribution < 1.29 is 19.2 Å². The van der Waals surface area contributed by atoms with Crippen LogP contribution in [0.3, 0.4) is 0 Å². The van der Waals surface area contributed by atoms with Gasteiger partial charge in [0.2, 0.25) is 0 Å². The van der Waals surface area contributed by atoms with Gasteiger partial charge in [-0.1, -0.05) is 47.7 Å². The Morgan fingerprint density at radius 1 is 1.30 bits per heavy atom. The minimum Gasteiger partial charge on any atom is -0.294 e. The van der Waals surface area contributed by atoms with Gasteiger partial charge in [0.15, 0.2) is 5.78 Å². The normalized spacial score (nSPS) is 19.4. The van der Waals surface area contributed by atoms with Crippen LogP contribution in [0.1, 0.15) is 23.6 Å². The van der Waals surface area contributed by atoms with Crippen LogP contribution >= 0.6 is 24.0 Å². The molecule has 7 heteroatoms. The van der Waals surface area contributed by atoms with E-state index in [0.29, 0.717) is 27.8 Å². The maximum Gasteiger partial charge on any atom is 0.373 e. The molecule has 1 saturated heterocycles. The molecule has 1 fully saturated rings. The summed E-state index contributed by atoms with van der Waals surface area (Å²) in [4.78, 5) is 43.0. The first-order valence-electron chi connectivity index (χ1n) is 6.84. The van der Waals surface area contributed by atoms with Crippen molar-refractivity contribution in [3.63, 3.8) is 0 Å². The van der Waals surface area contributed by atoms with E-state index >= 15 is 0 Å². The molecule has 1 aromatic carbocycles. The van der Waals surface area contributed by atoms with Gasteiger partial charge in [0, 0.05) is 18.5 Å². The van der Waals surface area contributed by atoms with Gasteiger partial charge in [-0.25, -0.2) is 0 Å². The molecule has 0 radical (unpaired) electrons. The van der Waals surface area contributed by atoms with Gasteiger partial charge in [-0.05, 0) is 25.0 Å².